The molecule has 0 atom stereocenters. The van der Waals surface area contributed by atoms with Gasteiger partial charge in [0.05, 0.1) is 0 Å². The highest BCUT2D eigenvalue weighted by molar-refractivity contribution is 6.33. The summed E-state index contributed by atoms with van der Waals surface area (Å²) >= 11 is 0. The van der Waals surface area contributed by atoms with Gasteiger partial charge in [-0.1, -0.05) is 328 Å². The van der Waals surface area contributed by atoms with Crippen LogP contribution >= 0.6 is 0 Å². The highest BCUT2D eigenvalue weighted by atomic mass is 14.4. The van der Waals surface area contributed by atoms with Crippen LogP contribution in [0.3, 0.4) is 0 Å². The molecule has 0 aromatic heterocycles. The Morgan fingerprint density at radius 2 is 0.295 bits per heavy atom. The third-order valence-corrected chi connectivity index (χ3v) is 19.0. The molecule has 16 aromatic rings. The maximum absolute atomic E-state index is 2.46. The Morgan fingerprint density at radius 1 is 0.102 bits per heavy atom. The van der Waals surface area contributed by atoms with Crippen LogP contribution in [0.1, 0.15) is 0 Å². The summed E-state index contributed by atoms with van der Waals surface area (Å²) in [7, 11) is 0. The molecule has 0 aliphatic heterocycles. The van der Waals surface area contributed by atoms with E-state index in [-0.39, 0.29) is 0 Å². The van der Waals surface area contributed by atoms with E-state index in [9.17, 15) is 0 Å². The first-order chi connectivity index (χ1) is 43.8. The highest BCUT2D eigenvalue weighted by Crippen LogP contribution is 2.63. The minimum absolute atomic E-state index is 1.20. The van der Waals surface area contributed by atoms with Crippen molar-refractivity contribution >= 4 is 43.1 Å². The maximum Gasteiger partial charge on any atom is -0.000718 e. The molecule has 0 bridgehead atoms. The zero-order valence-corrected chi connectivity index (χ0v) is 48.2. The van der Waals surface area contributed by atoms with Crippen molar-refractivity contribution in [3.05, 3.63) is 328 Å². The molecule has 0 saturated heterocycles. The van der Waals surface area contributed by atoms with Crippen molar-refractivity contribution in [1.29, 1.82) is 0 Å². The van der Waals surface area contributed by atoms with Crippen LogP contribution < -0.4 is 0 Å². The van der Waals surface area contributed by atoms with Crippen LogP contribution in [0.25, 0.3) is 188 Å². The summed E-state index contributed by atoms with van der Waals surface area (Å²) in [5, 5.41) is 10.0. The summed E-state index contributed by atoms with van der Waals surface area (Å²) < 4.78 is 0. The molecule has 0 fully saturated rings. The number of fused-ring (bicyclic) bond motifs is 8. The van der Waals surface area contributed by atoms with E-state index >= 15 is 0 Å². The van der Waals surface area contributed by atoms with Gasteiger partial charge in [0.15, 0.2) is 0 Å². The van der Waals surface area contributed by atoms with Gasteiger partial charge < -0.3 is 0 Å². The fourth-order valence-electron chi connectivity index (χ4n) is 15.5. The second-order valence-electron chi connectivity index (χ2n) is 23.5. The van der Waals surface area contributed by atoms with Gasteiger partial charge in [0, 0.05) is 0 Å². The van der Waals surface area contributed by atoms with Gasteiger partial charge in [0.1, 0.15) is 0 Å². The summed E-state index contributed by atoms with van der Waals surface area (Å²) in [5.74, 6) is 0. The lowest BCUT2D eigenvalue weighted by atomic mass is 9.79. The predicted molar refractivity (Wildman–Crippen MR) is 374 cm³/mol. The normalized spacial score (nSPS) is 11.9. The van der Waals surface area contributed by atoms with Gasteiger partial charge in [-0.25, -0.2) is 0 Å². The van der Waals surface area contributed by atoms with Gasteiger partial charge in [-0.3, -0.25) is 0 Å². The zero-order valence-electron chi connectivity index (χ0n) is 48.2. The molecule has 88 heavy (non-hydrogen) atoms. The van der Waals surface area contributed by atoms with E-state index in [1.807, 2.05) is 0 Å². The fraction of sp³-hybridized carbons (Fsp3) is 0. The van der Waals surface area contributed by atoms with Crippen molar-refractivity contribution in [2.24, 2.45) is 0 Å². The molecule has 0 N–H and O–H groups in total. The van der Waals surface area contributed by atoms with Crippen molar-refractivity contribution in [3.8, 4) is 145 Å². The van der Waals surface area contributed by atoms with Crippen LogP contribution in [-0.2, 0) is 0 Å². The van der Waals surface area contributed by atoms with E-state index < -0.39 is 0 Å². The van der Waals surface area contributed by atoms with E-state index in [1.54, 1.807) is 0 Å². The highest BCUT2D eigenvalue weighted by Gasteiger charge is 2.36. The van der Waals surface area contributed by atoms with Gasteiger partial charge in [0.25, 0.3) is 0 Å². The molecule has 406 valence electrons. The van der Waals surface area contributed by atoms with Gasteiger partial charge >= 0.3 is 0 Å². The smallest absolute Gasteiger partial charge is 0.000718 e. The lowest BCUT2D eigenvalue weighted by Crippen LogP contribution is -1.96. The Kier molecular flexibility index (Phi) is 11.4. The second kappa shape index (κ2) is 20.1. The molecule has 0 heteroatoms. The SMILES string of the molecule is c1ccc(-c2ccccc2-c2c3c(c(-c4ccccc4-c4ccccc4)c4ccccc24)-c2ccc(-c4ccc5c6c(cccc46)-c4c-5c(-c5ccccc5-c5ccccc5)c5ccccc5c4-c4ccccc4-c4ccccc4)c4cccc-3c24)cc1. The lowest BCUT2D eigenvalue weighted by molar-refractivity contribution is 1.58. The summed E-state index contributed by atoms with van der Waals surface area (Å²) in [4.78, 5) is 0. The van der Waals surface area contributed by atoms with Crippen molar-refractivity contribution in [2.45, 2.75) is 0 Å². The Hall–Kier alpha value is -11.4. The first-order valence-corrected chi connectivity index (χ1v) is 30.7. The molecule has 16 aromatic carbocycles. The molecule has 2 aliphatic carbocycles. The average molecular weight is 1110 g/mol. The lowest BCUT2D eigenvalue weighted by Gasteiger charge is -2.23. The van der Waals surface area contributed by atoms with Crippen LogP contribution in [0.15, 0.2) is 328 Å². The van der Waals surface area contributed by atoms with E-state index in [1.165, 1.54) is 188 Å². The minimum Gasteiger partial charge on any atom is -0.0622 e. The summed E-state index contributed by atoms with van der Waals surface area (Å²) in [6.45, 7) is 0. The van der Waals surface area contributed by atoms with Crippen molar-refractivity contribution in [1.82, 2.24) is 0 Å². The number of benzene rings is 16. The summed E-state index contributed by atoms with van der Waals surface area (Å²) in [6.07, 6.45) is 0. The van der Waals surface area contributed by atoms with Crippen LogP contribution in [0, 0.1) is 0 Å². The molecule has 18 rings (SSSR count). The summed E-state index contributed by atoms with van der Waals surface area (Å²) in [6, 6.07) is 122. The Morgan fingerprint density at radius 3 is 0.568 bits per heavy atom. The van der Waals surface area contributed by atoms with E-state index in [2.05, 4.69) is 328 Å². The second-order valence-corrected chi connectivity index (χ2v) is 23.5. The first-order valence-electron chi connectivity index (χ1n) is 30.7. The van der Waals surface area contributed by atoms with Gasteiger partial charge in [0.2, 0.25) is 0 Å². The van der Waals surface area contributed by atoms with Crippen LogP contribution in [-0.4, -0.2) is 0 Å². The molecule has 0 amide bonds. The molecule has 0 nitrogen and oxygen atoms in total. The maximum atomic E-state index is 2.46. The van der Waals surface area contributed by atoms with Crippen LogP contribution in [0.4, 0.5) is 0 Å². The molecule has 0 saturated carbocycles. The Labute approximate surface area is 512 Å². The van der Waals surface area contributed by atoms with Crippen LogP contribution in [0.2, 0.25) is 0 Å². The van der Waals surface area contributed by atoms with Crippen molar-refractivity contribution < 1.29 is 0 Å². The monoisotopic (exact) mass is 1110 g/mol. The topological polar surface area (TPSA) is 0 Å². The standard InChI is InChI=1S/C88H54/c1-5-27-55(28-6-1)59-35-13-17-39-65(59)81-71-43-21-23-45-73(71)83(67-41-19-15-37-61(67)57-31-9-3-10-32-57)87-77-53-51-63(69-47-25-49-75(79(69)77)85(81)87)64-52-54-78-80-70(64)48-26-50-76(80)86-82(66-40-18-14-36-60(66)56-29-7-2-8-30-56)72-44-22-24-46-74(72)84(88(78)86)68-42-20-16-38-62(68)58-33-11-4-12-34-58/h1-54H. The molecule has 2 aliphatic rings. The largest absolute Gasteiger partial charge is 0.0622 e. The molecule has 0 spiro atoms. The van der Waals surface area contributed by atoms with Crippen molar-refractivity contribution in [2.75, 3.05) is 0 Å². The van der Waals surface area contributed by atoms with Gasteiger partial charge in [-0.15, -0.1) is 0 Å². The fourth-order valence-corrected chi connectivity index (χ4v) is 15.5. The Balaban J connectivity index is 0.925. The van der Waals surface area contributed by atoms with Crippen molar-refractivity contribution in [3.63, 3.8) is 0 Å². The zero-order chi connectivity index (χ0) is 57.8. The molecular weight excluding hydrogens is 1060 g/mol. The third kappa shape index (κ3) is 7.46. The van der Waals surface area contributed by atoms with Crippen LogP contribution in [0.5, 0.6) is 0 Å². The molecule has 0 radical (unpaired) electrons. The number of rotatable bonds is 9. The summed E-state index contributed by atoms with van der Waals surface area (Å²) in [5.41, 5.74) is 32.3. The molecule has 0 unspecified atom stereocenters. The molecular formula is C88H54. The van der Waals surface area contributed by atoms with Gasteiger partial charge in [-0.2, -0.15) is 0 Å². The third-order valence-electron chi connectivity index (χ3n) is 19.0. The first kappa shape index (κ1) is 49.9. The minimum atomic E-state index is 1.20. The average Bonchev–Trinajstić information content (AvgIpc) is 1.56. The molecule has 0 heterocycles. The van der Waals surface area contributed by atoms with E-state index in [0.29, 0.717) is 0 Å². The van der Waals surface area contributed by atoms with E-state index in [4.69, 9.17) is 0 Å². The number of hydrogen-bond donors (Lipinski definition) is 0. The Bertz CT molecular complexity index is 4900. The van der Waals surface area contributed by atoms with Gasteiger partial charge in [-0.05, 0) is 188 Å². The number of hydrogen-bond acceptors (Lipinski definition) is 0. The van der Waals surface area contributed by atoms with E-state index in [0.717, 1.165) is 0 Å². The predicted octanol–water partition coefficient (Wildman–Crippen LogP) is 24.6. The quantitative estimate of drug-likeness (QED) is 0.135.